The number of rotatable bonds is 1. The van der Waals surface area contributed by atoms with Gasteiger partial charge in [0.25, 0.3) is 0 Å². The fourth-order valence-corrected chi connectivity index (χ4v) is 1.78. The Kier molecular flexibility index (Phi) is 2.23. The van der Waals surface area contributed by atoms with Crippen molar-refractivity contribution < 1.29 is 25.2 Å². The van der Waals surface area contributed by atoms with Crippen LogP contribution in [0.2, 0.25) is 0 Å². The number of carboxylic acids is 1. The SMILES string of the molecule is O=C(O)C1=Cc2cc(O)c(O)c(O)c2CC1. The van der Waals surface area contributed by atoms with E-state index in [2.05, 4.69) is 0 Å². The predicted octanol–water partition coefficient (Wildman–Crippen LogP) is 1.22. The quantitative estimate of drug-likeness (QED) is 0.535. The molecule has 0 radical (unpaired) electrons. The fraction of sp³-hybridized carbons (Fsp3) is 0.182. The van der Waals surface area contributed by atoms with E-state index >= 15 is 0 Å². The van der Waals surface area contributed by atoms with E-state index < -0.39 is 17.5 Å². The third-order valence-electron chi connectivity index (χ3n) is 2.64. The molecule has 2 rings (SSSR count). The molecule has 84 valence electrons. The van der Waals surface area contributed by atoms with Gasteiger partial charge >= 0.3 is 5.97 Å². The van der Waals surface area contributed by atoms with E-state index in [1.165, 1.54) is 12.1 Å². The molecule has 0 bridgehead atoms. The topological polar surface area (TPSA) is 98.0 Å². The molecule has 0 aromatic heterocycles. The highest BCUT2D eigenvalue weighted by Crippen LogP contribution is 2.42. The van der Waals surface area contributed by atoms with Gasteiger partial charge in [-0.05, 0) is 30.5 Å². The maximum atomic E-state index is 10.8. The van der Waals surface area contributed by atoms with E-state index in [0.29, 0.717) is 24.0 Å². The van der Waals surface area contributed by atoms with Crippen LogP contribution in [0.3, 0.4) is 0 Å². The molecule has 0 unspecified atom stereocenters. The number of aromatic hydroxyl groups is 3. The maximum absolute atomic E-state index is 10.8. The molecule has 5 nitrogen and oxygen atoms in total. The van der Waals surface area contributed by atoms with Gasteiger partial charge in [0.2, 0.25) is 5.75 Å². The third kappa shape index (κ3) is 1.46. The third-order valence-corrected chi connectivity index (χ3v) is 2.64. The first-order valence-corrected chi connectivity index (χ1v) is 4.71. The lowest BCUT2D eigenvalue weighted by Gasteiger charge is -2.16. The van der Waals surface area contributed by atoms with Crippen LogP contribution >= 0.6 is 0 Å². The Morgan fingerprint density at radius 3 is 2.44 bits per heavy atom. The molecule has 1 aliphatic rings. The number of carboxylic acid groups (broad SMARTS) is 1. The average molecular weight is 222 g/mol. The first-order chi connectivity index (χ1) is 7.50. The summed E-state index contributed by atoms with van der Waals surface area (Å²) in [5, 5.41) is 37.0. The number of benzene rings is 1. The van der Waals surface area contributed by atoms with Gasteiger partial charge in [0.05, 0.1) is 0 Å². The number of phenols is 3. The zero-order valence-corrected chi connectivity index (χ0v) is 8.27. The zero-order chi connectivity index (χ0) is 11.9. The van der Waals surface area contributed by atoms with Gasteiger partial charge in [0, 0.05) is 11.1 Å². The molecule has 4 N–H and O–H groups in total. The molecule has 1 aromatic rings. The van der Waals surface area contributed by atoms with Crippen LogP contribution in [-0.4, -0.2) is 26.4 Å². The summed E-state index contributed by atoms with van der Waals surface area (Å²) in [6.45, 7) is 0. The van der Waals surface area contributed by atoms with Crippen LogP contribution in [0.15, 0.2) is 11.6 Å². The number of hydrogen-bond acceptors (Lipinski definition) is 4. The summed E-state index contributed by atoms with van der Waals surface area (Å²) in [4.78, 5) is 10.8. The molecule has 16 heavy (non-hydrogen) atoms. The van der Waals surface area contributed by atoms with Gasteiger partial charge < -0.3 is 20.4 Å². The lowest BCUT2D eigenvalue weighted by Crippen LogP contribution is -2.07. The van der Waals surface area contributed by atoms with Crippen molar-refractivity contribution in [1.29, 1.82) is 0 Å². The Morgan fingerprint density at radius 1 is 1.12 bits per heavy atom. The fourth-order valence-electron chi connectivity index (χ4n) is 1.78. The molecule has 0 aliphatic heterocycles. The van der Waals surface area contributed by atoms with Crippen LogP contribution in [0.5, 0.6) is 17.2 Å². The largest absolute Gasteiger partial charge is 0.504 e. The van der Waals surface area contributed by atoms with Crippen molar-refractivity contribution in [2.45, 2.75) is 12.8 Å². The highest BCUT2D eigenvalue weighted by Gasteiger charge is 2.21. The maximum Gasteiger partial charge on any atom is 0.331 e. The van der Waals surface area contributed by atoms with Gasteiger partial charge in [-0.25, -0.2) is 4.79 Å². The smallest absolute Gasteiger partial charge is 0.331 e. The summed E-state index contributed by atoms with van der Waals surface area (Å²) in [6, 6.07) is 1.24. The normalized spacial score (nSPS) is 14.1. The summed E-state index contributed by atoms with van der Waals surface area (Å²) in [7, 11) is 0. The summed E-state index contributed by atoms with van der Waals surface area (Å²) in [5.41, 5.74) is 1.11. The summed E-state index contributed by atoms with van der Waals surface area (Å²) >= 11 is 0. The Bertz CT molecular complexity index is 502. The van der Waals surface area contributed by atoms with Crippen LogP contribution in [0, 0.1) is 0 Å². The van der Waals surface area contributed by atoms with E-state index in [9.17, 15) is 20.1 Å². The highest BCUT2D eigenvalue weighted by molar-refractivity contribution is 5.93. The van der Waals surface area contributed by atoms with Crippen molar-refractivity contribution in [1.82, 2.24) is 0 Å². The molecule has 0 saturated heterocycles. The van der Waals surface area contributed by atoms with Crippen LogP contribution in [0.4, 0.5) is 0 Å². The zero-order valence-electron chi connectivity index (χ0n) is 8.27. The number of phenolic OH excluding ortho intramolecular Hbond substituents is 3. The summed E-state index contributed by atoms with van der Waals surface area (Å²) < 4.78 is 0. The average Bonchev–Trinajstić information content (AvgIpc) is 2.25. The first kappa shape index (κ1) is 10.4. The van der Waals surface area contributed by atoms with Gasteiger partial charge in [0.1, 0.15) is 0 Å². The second-order valence-electron chi connectivity index (χ2n) is 3.64. The standard InChI is InChI=1S/C11H10O5/c12-8-4-6-3-5(11(15)16)1-2-7(6)9(13)10(8)14/h3-4,12-14H,1-2H2,(H,15,16). The molecule has 5 heteroatoms. The Labute approximate surface area is 90.9 Å². The number of carbonyl (C=O) groups is 1. The van der Waals surface area contributed by atoms with Gasteiger partial charge in [-0.2, -0.15) is 0 Å². The molecule has 0 atom stereocenters. The van der Waals surface area contributed by atoms with Crippen LogP contribution < -0.4 is 0 Å². The second kappa shape index (κ2) is 3.44. The second-order valence-corrected chi connectivity index (χ2v) is 3.64. The minimum atomic E-state index is -1.02. The van der Waals surface area contributed by atoms with Gasteiger partial charge in [-0.1, -0.05) is 0 Å². The van der Waals surface area contributed by atoms with Crippen molar-refractivity contribution in [3.8, 4) is 17.2 Å². The van der Waals surface area contributed by atoms with E-state index in [1.807, 2.05) is 0 Å². The Balaban J connectivity index is 2.60. The van der Waals surface area contributed by atoms with Crippen molar-refractivity contribution in [2.24, 2.45) is 0 Å². The monoisotopic (exact) mass is 222 g/mol. The summed E-state index contributed by atoms with van der Waals surface area (Å²) in [6.07, 6.45) is 2.01. The van der Waals surface area contributed by atoms with E-state index in [-0.39, 0.29) is 11.3 Å². The van der Waals surface area contributed by atoms with Crippen molar-refractivity contribution >= 4 is 12.0 Å². The van der Waals surface area contributed by atoms with E-state index in [4.69, 9.17) is 5.11 Å². The minimum Gasteiger partial charge on any atom is -0.504 e. The van der Waals surface area contributed by atoms with Crippen molar-refractivity contribution in [2.75, 3.05) is 0 Å². The Hall–Kier alpha value is -2.17. The van der Waals surface area contributed by atoms with Crippen LogP contribution in [0.25, 0.3) is 6.08 Å². The van der Waals surface area contributed by atoms with Crippen LogP contribution in [0.1, 0.15) is 17.5 Å². The minimum absolute atomic E-state index is 0.219. The van der Waals surface area contributed by atoms with Gasteiger partial charge in [-0.3, -0.25) is 0 Å². The van der Waals surface area contributed by atoms with Crippen molar-refractivity contribution in [3.05, 3.63) is 22.8 Å². The first-order valence-electron chi connectivity index (χ1n) is 4.71. The number of hydrogen-bond donors (Lipinski definition) is 4. The lowest BCUT2D eigenvalue weighted by molar-refractivity contribution is -0.132. The molecular formula is C11H10O5. The molecule has 1 aromatic carbocycles. The van der Waals surface area contributed by atoms with Crippen molar-refractivity contribution in [3.63, 3.8) is 0 Å². The molecule has 0 spiro atoms. The van der Waals surface area contributed by atoms with Crippen LogP contribution in [-0.2, 0) is 11.2 Å². The van der Waals surface area contributed by atoms with E-state index in [0.717, 1.165) is 0 Å². The number of aliphatic carboxylic acids is 1. The Morgan fingerprint density at radius 2 is 1.81 bits per heavy atom. The van der Waals surface area contributed by atoms with Gasteiger partial charge in [-0.15, -0.1) is 0 Å². The molecule has 1 aliphatic carbocycles. The van der Waals surface area contributed by atoms with E-state index in [1.54, 1.807) is 0 Å². The predicted molar refractivity (Wildman–Crippen MR) is 55.4 cm³/mol. The highest BCUT2D eigenvalue weighted by atomic mass is 16.4. The molecular weight excluding hydrogens is 212 g/mol. The molecule has 0 saturated carbocycles. The molecule has 0 amide bonds. The number of fused-ring (bicyclic) bond motifs is 1. The molecule has 0 heterocycles. The molecule has 0 fully saturated rings. The lowest BCUT2D eigenvalue weighted by atomic mass is 9.91. The summed E-state index contributed by atoms with van der Waals surface area (Å²) in [5.74, 6) is -2.42. The van der Waals surface area contributed by atoms with Gasteiger partial charge in [0.15, 0.2) is 11.5 Å².